The lowest BCUT2D eigenvalue weighted by molar-refractivity contribution is -0.116. The highest BCUT2D eigenvalue weighted by atomic mass is 32.1. The number of aromatic nitrogens is 2. The lowest BCUT2D eigenvalue weighted by Gasteiger charge is -2.15. The van der Waals surface area contributed by atoms with E-state index < -0.39 is 0 Å². The minimum absolute atomic E-state index is 0.0245. The van der Waals surface area contributed by atoms with Crippen molar-refractivity contribution < 1.29 is 4.79 Å². The molecule has 1 amide bonds. The molecule has 1 atom stereocenters. The molecule has 2 heterocycles. The van der Waals surface area contributed by atoms with Crippen LogP contribution < -0.4 is 10.2 Å². The Hall–Kier alpha value is -1.79. The molecule has 2 aromatic heterocycles. The van der Waals surface area contributed by atoms with Gasteiger partial charge in [-0.15, -0.1) is 11.3 Å². The summed E-state index contributed by atoms with van der Waals surface area (Å²) in [6.45, 7) is 6.94. The van der Waals surface area contributed by atoms with E-state index in [1.807, 2.05) is 24.4 Å². The Bertz CT molecular complexity index is 584. The quantitative estimate of drug-likeness (QED) is 0.891. The highest BCUT2D eigenvalue weighted by Gasteiger charge is 2.13. The van der Waals surface area contributed by atoms with E-state index in [2.05, 4.69) is 22.2 Å². The van der Waals surface area contributed by atoms with E-state index in [4.69, 9.17) is 0 Å². The monoisotopic (exact) mass is 304 g/mol. The maximum atomic E-state index is 11.5. The number of pyridine rings is 1. The Labute approximate surface area is 129 Å². The fraction of sp³-hybridized carbons (Fsp3) is 0.400. The van der Waals surface area contributed by atoms with Gasteiger partial charge in [-0.25, -0.2) is 4.98 Å². The number of rotatable bonds is 6. The number of carbonyl (C=O) groups excluding carboxylic acids is 1. The van der Waals surface area contributed by atoms with Crippen LogP contribution in [0.1, 0.15) is 38.1 Å². The zero-order chi connectivity index (χ0) is 15.2. The second-order valence-corrected chi connectivity index (χ2v) is 5.60. The van der Waals surface area contributed by atoms with Crippen LogP contribution in [-0.2, 0) is 11.3 Å². The lowest BCUT2D eigenvalue weighted by Crippen LogP contribution is -2.27. The Balaban J connectivity index is 1.95. The Morgan fingerprint density at radius 2 is 2.14 bits per heavy atom. The molecule has 21 heavy (non-hydrogen) atoms. The molecule has 112 valence electrons. The third-order valence-corrected chi connectivity index (χ3v) is 4.17. The predicted octanol–water partition coefficient (Wildman–Crippen LogP) is 2.76. The highest BCUT2D eigenvalue weighted by Crippen LogP contribution is 2.21. The van der Waals surface area contributed by atoms with Gasteiger partial charge in [0.25, 0.3) is 0 Å². The minimum Gasteiger partial charge on any atom is -0.305 e. The largest absolute Gasteiger partial charge is 0.305 e. The average molecular weight is 304 g/mol. The normalized spacial score (nSPS) is 12.1. The van der Waals surface area contributed by atoms with Crippen molar-refractivity contribution in [3.8, 4) is 0 Å². The van der Waals surface area contributed by atoms with Crippen LogP contribution in [0.4, 0.5) is 5.13 Å². The number of hydrogen-bond acceptors (Lipinski definition) is 5. The topological polar surface area (TPSA) is 58.1 Å². The van der Waals surface area contributed by atoms with Crippen LogP contribution in [0, 0.1) is 0 Å². The third kappa shape index (κ3) is 4.09. The number of nitrogens with zero attached hydrogens (tertiary/aromatic N) is 3. The first-order chi connectivity index (χ1) is 10.1. The number of nitrogens with one attached hydrogen (secondary N) is 1. The molecule has 0 spiro atoms. The smallest absolute Gasteiger partial charge is 0.225 e. The van der Waals surface area contributed by atoms with Crippen molar-refractivity contribution >= 4 is 22.4 Å². The molecule has 1 unspecified atom stereocenters. The van der Waals surface area contributed by atoms with Gasteiger partial charge >= 0.3 is 0 Å². The molecule has 1 N–H and O–H groups in total. The summed E-state index contributed by atoms with van der Waals surface area (Å²) in [7, 11) is 0. The van der Waals surface area contributed by atoms with Gasteiger partial charge in [-0.2, -0.15) is 0 Å². The Morgan fingerprint density at radius 1 is 1.43 bits per heavy atom. The fourth-order valence-corrected chi connectivity index (χ4v) is 2.95. The SMILES string of the molecule is CCN(C(C)=O)c1nc(CNC(C)c2ccncc2)cs1. The first-order valence-electron chi connectivity index (χ1n) is 6.97. The van der Waals surface area contributed by atoms with Gasteiger partial charge < -0.3 is 5.32 Å². The van der Waals surface area contributed by atoms with E-state index in [0.717, 1.165) is 10.8 Å². The zero-order valence-electron chi connectivity index (χ0n) is 12.5. The minimum atomic E-state index is 0.0245. The van der Waals surface area contributed by atoms with Crippen LogP contribution in [-0.4, -0.2) is 22.4 Å². The first kappa shape index (κ1) is 15.6. The summed E-state index contributed by atoms with van der Waals surface area (Å²) in [6.07, 6.45) is 3.58. The summed E-state index contributed by atoms with van der Waals surface area (Å²) >= 11 is 1.50. The average Bonchev–Trinajstić information content (AvgIpc) is 2.94. The van der Waals surface area contributed by atoms with Gasteiger partial charge in [-0.05, 0) is 31.5 Å². The molecule has 2 rings (SSSR count). The second kappa shape index (κ2) is 7.28. The molecule has 0 fully saturated rings. The summed E-state index contributed by atoms with van der Waals surface area (Å²) < 4.78 is 0. The van der Waals surface area contributed by atoms with Crippen molar-refractivity contribution in [3.63, 3.8) is 0 Å². The van der Waals surface area contributed by atoms with E-state index in [1.54, 1.807) is 24.2 Å². The van der Waals surface area contributed by atoms with Crippen molar-refractivity contribution in [1.82, 2.24) is 15.3 Å². The molecule has 2 aromatic rings. The number of thiazole rings is 1. The van der Waals surface area contributed by atoms with Gasteiger partial charge in [0.05, 0.1) is 5.69 Å². The van der Waals surface area contributed by atoms with Gasteiger partial charge in [0, 0.05) is 43.8 Å². The molecule has 0 saturated heterocycles. The number of anilines is 1. The van der Waals surface area contributed by atoms with Crippen LogP contribution in [0.3, 0.4) is 0 Å². The van der Waals surface area contributed by atoms with E-state index >= 15 is 0 Å². The molecular formula is C15H20N4OS. The predicted molar refractivity (Wildman–Crippen MR) is 85.3 cm³/mol. The molecule has 0 radical (unpaired) electrons. The van der Waals surface area contributed by atoms with Crippen LogP contribution in [0.5, 0.6) is 0 Å². The van der Waals surface area contributed by atoms with Gasteiger partial charge in [0.1, 0.15) is 0 Å². The number of hydrogen-bond donors (Lipinski definition) is 1. The number of carbonyl (C=O) groups is 1. The van der Waals surface area contributed by atoms with Crippen LogP contribution in [0.15, 0.2) is 29.9 Å². The third-order valence-electron chi connectivity index (χ3n) is 3.26. The van der Waals surface area contributed by atoms with E-state index in [1.165, 1.54) is 16.9 Å². The fourth-order valence-electron chi connectivity index (χ4n) is 2.02. The van der Waals surface area contributed by atoms with Crippen molar-refractivity contribution in [2.45, 2.75) is 33.4 Å². The number of amides is 1. The summed E-state index contributed by atoms with van der Waals surface area (Å²) in [5, 5.41) is 6.18. The Kier molecular flexibility index (Phi) is 5.41. The maximum absolute atomic E-state index is 11.5. The van der Waals surface area contributed by atoms with Gasteiger partial charge in [-0.3, -0.25) is 14.7 Å². The first-order valence-corrected chi connectivity index (χ1v) is 7.85. The molecule has 0 bridgehead atoms. The molecule has 5 nitrogen and oxygen atoms in total. The second-order valence-electron chi connectivity index (χ2n) is 4.77. The standard InChI is InChI=1S/C15H20N4OS/c1-4-19(12(3)20)15-18-14(10-21-15)9-17-11(2)13-5-7-16-8-6-13/h5-8,10-11,17H,4,9H2,1-3H3. The van der Waals surface area contributed by atoms with E-state index in [9.17, 15) is 4.79 Å². The van der Waals surface area contributed by atoms with Gasteiger partial charge in [-0.1, -0.05) is 0 Å². The van der Waals surface area contributed by atoms with Crippen LogP contribution in [0.2, 0.25) is 0 Å². The summed E-state index contributed by atoms with van der Waals surface area (Å²) in [5.74, 6) is 0.0245. The molecule has 6 heteroatoms. The summed E-state index contributed by atoms with van der Waals surface area (Å²) in [4.78, 5) is 21.7. The Morgan fingerprint density at radius 3 is 2.76 bits per heavy atom. The highest BCUT2D eigenvalue weighted by molar-refractivity contribution is 7.14. The lowest BCUT2D eigenvalue weighted by atomic mass is 10.1. The molecular weight excluding hydrogens is 284 g/mol. The van der Waals surface area contributed by atoms with E-state index in [0.29, 0.717) is 13.1 Å². The maximum Gasteiger partial charge on any atom is 0.225 e. The van der Waals surface area contributed by atoms with Crippen LogP contribution in [0.25, 0.3) is 0 Å². The van der Waals surface area contributed by atoms with Crippen molar-refractivity contribution in [2.75, 3.05) is 11.4 Å². The molecule has 0 saturated carbocycles. The molecule has 0 aliphatic rings. The van der Waals surface area contributed by atoms with Gasteiger partial charge in [0.2, 0.25) is 5.91 Å². The van der Waals surface area contributed by atoms with Crippen molar-refractivity contribution in [2.24, 2.45) is 0 Å². The molecule has 0 aliphatic heterocycles. The van der Waals surface area contributed by atoms with E-state index in [-0.39, 0.29) is 11.9 Å². The van der Waals surface area contributed by atoms with Crippen molar-refractivity contribution in [1.29, 1.82) is 0 Å². The zero-order valence-corrected chi connectivity index (χ0v) is 13.4. The molecule has 0 aliphatic carbocycles. The van der Waals surface area contributed by atoms with Crippen molar-refractivity contribution in [3.05, 3.63) is 41.2 Å². The van der Waals surface area contributed by atoms with Gasteiger partial charge in [0.15, 0.2) is 5.13 Å². The summed E-state index contributed by atoms with van der Waals surface area (Å²) in [6, 6.07) is 4.23. The molecule has 0 aromatic carbocycles. The van der Waals surface area contributed by atoms with Crippen LogP contribution >= 0.6 is 11.3 Å². The summed E-state index contributed by atoms with van der Waals surface area (Å²) in [5.41, 5.74) is 2.15.